The van der Waals surface area contributed by atoms with Gasteiger partial charge in [0, 0.05) is 12.6 Å². The van der Waals surface area contributed by atoms with Crippen LogP contribution in [0.2, 0.25) is 0 Å². The Balaban J connectivity index is 1.93. The van der Waals surface area contributed by atoms with E-state index in [0.29, 0.717) is 11.1 Å². The maximum absolute atomic E-state index is 13.0. The molecule has 128 valence electrons. The van der Waals surface area contributed by atoms with E-state index in [-0.39, 0.29) is 30.2 Å². The third-order valence-corrected chi connectivity index (χ3v) is 4.00. The van der Waals surface area contributed by atoms with Crippen molar-refractivity contribution < 1.29 is 14.0 Å². The van der Waals surface area contributed by atoms with Crippen LogP contribution in [0.25, 0.3) is 0 Å². The first-order valence-electron chi connectivity index (χ1n) is 7.72. The van der Waals surface area contributed by atoms with Crippen LogP contribution in [0.4, 0.5) is 4.39 Å². The van der Waals surface area contributed by atoms with Crippen LogP contribution < -0.4 is 5.32 Å². The number of halogens is 1. The van der Waals surface area contributed by atoms with Crippen LogP contribution in [0.1, 0.15) is 34.5 Å². The Labute approximate surface area is 145 Å². The first-order chi connectivity index (χ1) is 11.9. The number of rotatable bonds is 5. The molecule has 0 radical (unpaired) electrons. The van der Waals surface area contributed by atoms with Gasteiger partial charge < -0.3 is 10.2 Å². The quantitative estimate of drug-likeness (QED) is 0.910. The van der Waals surface area contributed by atoms with Crippen LogP contribution in [0.5, 0.6) is 0 Å². The molecule has 5 nitrogen and oxygen atoms in total. The van der Waals surface area contributed by atoms with E-state index in [1.807, 2.05) is 13.0 Å². The Hall–Kier alpha value is -3.20. The van der Waals surface area contributed by atoms with Gasteiger partial charge in [0.25, 0.3) is 5.91 Å². The highest BCUT2D eigenvalue weighted by molar-refractivity contribution is 5.96. The number of benzene rings is 2. The van der Waals surface area contributed by atoms with E-state index in [9.17, 15) is 14.0 Å². The molecule has 0 fully saturated rings. The van der Waals surface area contributed by atoms with E-state index in [4.69, 9.17) is 5.26 Å². The number of nitriles is 1. The summed E-state index contributed by atoms with van der Waals surface area (Å²) < 4.78 is 13.0. The average molecular weight is 339 g/mol. The predicted molar refractivity (Wildman–Crippen MR) is 91.1 cm³/mol. The molecule has 1 N–H and O–H groups in total. The van der Waals surface area contributed by atoms with Crippen molar-refractivity contribution in [1.29, 1.82) is 5.26 Å². The molecule has 0 aliphatic carbocycles. The zero-order valence-electron chi connectivity index (χ0n) is 14.0. The maximum Gasteiger partial charge on any atom is 0.251 e. The van der Waals surface area contributed by atoms with Crippen LogP contribution in [-0.4, -0.2) is 30.3 Å². The largest absolute Gasteiger partial charge is 0.343 e. The summed E-state index contributed by atoms with van der Waals surface area (Å²) in [7, 11) is 1.63. The summed E-state index contributed by atoms with van der Waals surface area (Å²) in [5.41, 5.74) is 1.64. The fourth-order valence-electron chi connectivity index (χ4n) is 2.26. The monoisotopic (exact) mass is 339 g/mol. The van der Waals surface area contributed by atoms with Gasteiger partial charge in [-0.3, -0.25) is 9.59 Å². The third-order valence-electron chi connectivity index (χ3n) is 4.00. The lowest BCUT2D eigenvalue weighted by Crippen LogP contribution is -2.39. The molecular weight excluding hydrogens is 321 g/mol. The van der Waals surface area contributed by atoms with Crippen LogP contribution in [-0.2, 0) is 4.79 Å². The topological polar surface area (TPSA) is 73.2 Å². The summed E-state index contributed by atoms with van der Waals surface area (Å²) in [6, 6.07) is 13.8. The molecule has 2 rings (SSSR count). The van der Waals surface area contributed by atoms with Gasteiger partial charge in [-0.05, 0) is 48.9 Å². The van der Waals surface area contributed by atoms with Gasteiger partial charge in [-0.1, -0.05) is 12.1 Å². The molecule has 25 heavy (non-hydrogen) atoms. The molecule has 0 heterocycles. The van der Waals surface area contributed by atoms with Crippen LogP contribution in [0, 0.1) is 17.1 Å². The van der Waals surface area contributed by atoms with Gasteiger partial charge in [-0.25, -0.2) is 4.39 Å². The Morgan fingerprint density at radius 3 is 2.32 bits per heavy atom. The molecule has 0 saturated heterocycles. The lowest BCUT2D eigenvalue weighted by Gasteiger charge is -2.25. The number of carbonyl (C=O) groups excluding carboxylic acids is 2. The molecule has 0 aliphatic heterocycles. The van der Waals surface area contributed by atoms with Crippen molar-refractivity contribution in [2.75, 3.05) is 13.6 Å². The highest BCUT2D eigenvalue weighted by Gasteiger charge is 2.18. The number of carbonyl (C=O) groups is 2. The van der Waals surface area contributed by atoms with Gasteiger partial charge in [0.05, 0.1) is 24.2 Å². The average Bonchev–Trinajstić information content (AvgIpc) is 2.65. The summed E-state index contributed by atoms with van der Waals surface area (Å²) in [4.78, 5) is 25.8. The van der Waals surface area contributed by atoms with E-state index in [1.54, 1.807) is 31.3 Å². The molecule has 6 heteroatoms. The molecule has 0 unspecified atom stereocenters. The van der Waals surface area contributed by atoms with Crippen molar-refractivity contribution in [1.82, 2.24) is 10.2 Å². The molecule has 1 atom stereocenters. The summed E-state index contributed by atoms with van der Waals surface area (Å²) in [5.74, 6) is -0.987. The zero-order valence-corrected chi connectivity index (χ0v) is 14.0. The Bertz CT molecular complexity index is 795. The molecular formula is C19H18FN3O2. The van der Waals surface area contributed by atoms with E-state index in [2.05, 4.69) is 5.32 Å². The van der Waals surface area contributed by atoms with E-state index in [0.717, 1.165) is 5.56 Å². The normalized spacial score (nSPS) is 11.3. The van der Waals surface area contributed by atoms with Gasteiger partial charge in [0.1, 0.15) is 5.82 Å². The first-order valence-corrected chi connectivity index (χ1v) is 7.72. The van der Waals surface area contributed by atoms with Crippen molar-refractivity contribution in [2.24, 2.45) is 0 Å². The fraction of sp³-hybridized carbons (Fsp3) is 0.211. The third kappa shape index (κ3) is 4.64. The van der Waals surface area contributed by atoms with Gasteiger partial charge in [-0.2, -0.15) is 5.26 Å². The minimum absolute atomic E-state index is 0.152. The van der Waals surface area contributed by atoms with Crippen molar-refractivity contribution >= 4 is 11.8 Å². The summed E-state index contributed by atoms with van der Waals surface area (Å²) in [6.45, 7) is 1.68. The van der Waals surface area contributed by atoms with E-state index < -0.39 is 0 Å². The van der Waals surface area contributed by atoms with Gasteiger partial charge in [0.15, 0.2) is 0 Å². The smallest absolute Gasteiger partial charge is 0.251 e. The van der Waals surface area contributed by atoms with E-state index in [1.165, 1.54) is 29.2 Å². The van der Waals surface area contributed by atoms with Gasteiger partial charge >= 0.3 is 0 Å². The second-order valence-corrected chi connectivity index (χ2v) is 5.60. The van der Waals surface area contributed by atoms with Gasteiger partial charge in [0.2, 0.25) is 5.91 Å². The standard InChI is InChI=1S/C19H18FN3O2/c1-13(15-7-9-17(20)10-8-15)23(2)18(24)12-22-19(25)16-5-3-14(11-21)4-6-16/h3-10,13H,12H2,1-2H3,(H,22,25)/t13-/m0/s1. The molecule has 0 aromatic heterocycles. The number of nitrogens with zero attached hydrogens (tertiary/aromatic N) is 2. The molecule has 2 amide bonds. The van der Waals surface area contributed by atoms with Crippen LogP contribution >= 0.6 is 0 Å². The highest BCUT2D eigenvalue weighted by atomic mass is 19.1. The second-order valence-electron chi connectivity index (χ2n) is 5.60. The Morgan fingerprint density at radius 1 is 1.16 bits per heavy atom. The number of nitrogens with one attached hydrogen (secondary N) is 1. The maximum atomic E-state index is 13.0. The minimum atomic E-state index is -0.388. The lowest BCUT2D eigenvalue weighted by atomic mass is 10.1. The Kier molecular flexibility index (Phi) is 5.85. The Morgan fingerprint density at radius 2 is 1.76 bits per heavy atom. The zero-order chi connectivity index (χ0) is 18.4. The molecule has 0 spiro atoms. The van der Waals surface area contributed by atoms with E-state index >= 15 is 0 Å². The highest BCUT2D eigenvalue weighted by Crippen LogP contribution is 2.18. The molecule has 0 saturated carbocycles. The SMILES string of the molecule is C[C@@H](c1ccc(F)cc1)N(C)C(=O)CNC(=O)c1ccc(C#N)cc1. The van der Waals surface area contributed by atoms with Crippen LogP contribution in [0.3, 0.4) is 0 Å². The lowest BCUT2D eigenvalue weighted by molar-refractivity contribution is -0.130. The molecule has 0 bridgehead atoms. The van der Waals surface area contributed by atoms with Crippen molar-refractivity contribution in [2.45, 2.75) is 13.0 Å². The minimum Gasteiger partial charge on any atom is -0.343 e. The molecule has 2 aromatic carbocycles. The molecule has 2 aromatic rings. The predicted octanol–water partition coefficient (Wildman–Crippen LogP) is 2.65. The summed E-state index contributed by atoms with van der Waals surface area (Å²) in [5, 5.41) is 11.3. The summed E-state index contributed by atoms with van der Waals surface area (Å²) >= 11 is 0. The fourth-order valence-corrected chi connectivity index (χ4v) is 2.26. The number of amides is 2. The molecule has 0 aliphatic rings. The summed E-state index contributed by atoms with van der Waals surface area (Å²) in [6.07, 6.45) is 0. The van der Waals surface area contributed by atoms with Gasteiger partial charge in [-0.15, -0.1) is 0 Å². The van der Waals surface area contributed by atoms with Crippen LogP contribution in [0.15, 0.2) is 48.5 Å². The van der Waals surface area contributed by atoms with Crippen molar-refractivity contribution in [3.05, 3.63) is 71.0 Å². The van der Waals surface area contributed by atoms with Crippen molar-refractivity contribution in [3.8, 4) is 6.07 Å². The number of likely N-dealkylation sites (N-methyl/N-ethyl adjacent to an activating group) is 1. The van der Waals surface area contributed by atoms with Crippen molar-refractivity contribution in [3.63, 3.8) is 0 Å². The second kappa shape index (κ2) is 8.06. The number of hydrogen-bond donors (Lipinski definition) is 1. The first kappa shape index (κ1) is 18.1. The number of hydrogen-bond acceptors (Lipinski definition) is 3.